The monoisotopic (exact) mass is 383 g/mol. The fraction of sp³-hybridized carbons (Fsp3) is 0.522. The Kier molecular flexibility index (Phi) is 7.15. The van der Waals surface area contributed by atoms with Crippen molar-refractivity contribution in [2.45, 2.75) is 46.1 Å². The molecule has 0 radical (unpaired) electrons. The molecule has 0 spiro atoms. The first-order valence-electron chi connectivity index (χ1n) is 10.5. The summed E-state index contributed by atoms with van der Waals surface area (Å²) >= 11 is 0. The molecule has 152 valence electrons. The third kappa shape index (κ3) is 5.16. The van der Waals surface area contributed by atoms with Crippen LogP contribution in [0.15, 0.2) is 40.8 Å². The van der Waals surface area contributed by atoms with Crippen molar-refractivity contribution in [2.24, 2.45) is 0 Å². The van der Waals surface area contributed by atoms with Gasteiger partial charge in [-0.25, -0.2) is 0 Å². The van der Waals surface area contributed by atoms with E-state index in [4.69, 9.17) is 4.42 Å². The van der Waals surface area contributed by atoms with Gasteiger partial charge in [0.25, 0.3) is 5.91 Å². The van der Waals surface area contributed by atoms with Gasteiger partial charge in [0.15, 0.2) is 5.76 Å². The number of likely N-dealkylation sites (tertiary alicyclic amines) is 1. The van der Waals surface area contributed by atoms with E-state index >= 15 is 0 Å². The Morgan fingerprint density at radius 2 is 2.00 bits per heavy atom. The van der Waals surface area contributed by atoms with Gasteiger partial charge in [-0.1, -0.05) is 18.6 Å². The van der Waals surface area contributed by atoms with Gasteiger partial charge in [0.2, 0.25) is 0 Å². The van der Waals surface area contributed by atoms with Crippen LogP contribution in [0.1, 0.15) is 61.0 Å². The Morgan fingerprint density at radius 1 is 1.21 bits per heavy atom. The molecule has 5 heteroatoms. The number of amides is 1. The smallest absolute Gasteiger partial charge is 0.287 e. The topological polar surface area (TPSA) is 48.7 Å². The van der Waals surface area contributed by atoms with Gasteiger partial charge >= 0.3 is 0 Å². The molecule has 0 bridgehead atoms. The van der Waals surface area contributed by atoms with Crippen LogP contribution >= 0.6 is 0 Å². The normalized spacial score (nSPS) is 16.0. The summed E-state index contributed by atoms with van der Waals surface area (Å²) in [5.41, 5.74) is 2.43. The molecule has 1 aromatic heterocycles. The maximum atomic E-state index is 12.5. The van der Waals surface area contributed by atoms with Crippen LogP contribution in [0.5, 0.6) is 0 Å². The van der Waals surface area contributed by atoms with E-state index in [0.717, 1.165) is 31.9 Å². The highest BCUT2D eigenvalue weighted by atomic mass is 16.4. The molecule has 0 saturated carbocycles. The molecule has 3 rings (SSSR count). The highest BCUT2D eigenvalue weighted by Gasteiger charge is 2.22. The molecule has 1 saturated heterocycles. The van der Waals surface area contributed by atoms with Gasteiger partial charge in [-0.15, -0.1) is 0 Å². The van der Waals surface area contributed by atoms with Crippen molar-refractivity contribution in [3.8, 4) is 0 Å². The summed E-state index contributed by atoms with van der Waals surface area (Å²) in [6.07, 6.45) is 3.80. The van der Waals surface area contributed by atoms with E-state index in [2.05, 4.69) is 60.2 Å². The first-order valence-corrected chi connectivity index (χ1v) is 10.5. The van der Waals surface area contributed by atoms with Gasteiger partial charge < -0.3 is 14.6 Å². The van der Waals surface area contributed by atoms with Crippen molar-refractivity contribution in [3.05, 3.63) is 53.5 Å². The zero-order valence-electron chi connectivity index (χ0n) is 17.4. The summed E-state index contributed by atoms with van der Waals surface area (Å²) in [5, 5.41) is 2.99. The van der Waals surface area contributed by atoms with Crippen LogP contribution < -0.4 is 10.2 Å². The Hall–Kier alpha value is -2.27. The van der Waals surface area contributed by atoms with Crippen LogP contribution in [0.3, 0.4) is 0 Å². The standard InChI is InChI=1S/C23H33N3O2/c1-4-25(20-10-8-9-18(2)17-20)16-13-24-23(27)22-12-11-21(28-22)19(3)26-14-6-5-7-15-26/h8-12,17,19H,4-7,13-16H2,1-3H3,(H,24,27)/t19-/m1/s1. The molecule has 1 aliphatic rings. The Morgan fingerprint density at radius 3 is 2.71 bits per heavy atom. The predicted molar refractivity (Wildman–Crippen MR) is 114 cm³/mol. The number of benzene rings is 1. The maximum Gasteiger partial charge on any atom is 0.287 e. The van der Waals surface area contributed by atoms with Gasteiger partial charge in [-0.3, -0.25) is 9.69 Å². The molecule has 1 atom stereocenters. The second-order valence-corrected chi connectivity index (χ2v) is 7.65. The van der Waals surface area contributed by atoms with Crippen LogP contribution in [0.4, 0.5) is 5.69 Å². The van der Waals surface area contributed by atoms with Gasteiger partial charge in [0.05, 0.1) is 6.04 Å². The Bertz CT molecular complexity index is 765. The summed E-state index contributed by atoms with van der Waals surface area (Å²) in [5.74, 6) is 1.14. The van der Waals surface area contributed by atoms with Gasteiger partial charge in [0, 0.05) is 25.3 Å². The minimum absolute atomic E-state index is 0.141. The molecular formula is C23H33N3O2. The second-order valence-electron chi connectivity index (χ2n) is 7.65. The Labute approximate surface area is 168 Å². The lowest BCUT2D eigenvalue weighted by Crippen LogP contribution is -2.35. The van der Waals surface area contributed by atoms with E-state index in [1.54, 1.807) is 6.07 Å². The van der Waals surface area contributed by atoms with Crippen LogP contribution in [0.2, 0.25) is 0 Å². The number of likely N-dealkylation sites (N-methyl/N-ethyl adjacent to an activating group) is 1. The van der Waals surface area contributed by atoms with Gasteiger partial charge in [0.1, 0.15) is 5.76 Å². The van der Waals surface area contributed by atoms with Crippen molar-refractivity contribution in [2.75, 3.05) is 37.6 Å². The van der Waals surface area contributed by atoms with Crippen molar-refractivity contribution in [1.82, 2.24) is 10.2 Å². The number of nitrogens with zero attached hydrogens (tertiary/aromatic N) is 2. The van der Waals surface area contributed by atoms with E-state index in [1.165, 1.54) is 30.5 Å². The molecule has 1 aromatic carbocycles. The number of carbonyl (C=O) groups is 1. The van der Waals surface area contributed by atoms with Crippen molar-refractivity contribution in [1.29, 1.82) is 0 Å². The largest absolute Gasteiger partial charge is 0.454 e. The summed E-state index contributed by atoms with van der Waals surface area (Å²) in [6.45, 7) is 10.8. The molecule has 1 fully saturated rings. The second kappa shape index (κ2) is 9.78. The summed E-state index contributed by atoms with van der Waals surface area (Å²) in [6, 6.07) is 12.4. The SMILES string of the molecule is CCN(CCNC(=O)c1ccc([C@@H](C)N2CCCCC2)o1)c1cccc(C)c1. The zero-order chi connectivity index (χ0) is 19.9. The third-order valence-electron chi connectivity index (χ3n) is 5.62. The molecule has 0 unspecified atom stereocenters. The third-order valence-corrected chi connectivity index (χ3v) is 5.62. The number of carbonyl (C=O) groups excluding carboxylic acids is 1. The van der Waals surface area contributed by atoms with Crippen molar-refractivity contribution in [3.63, 3.8) is 0 Å². The van der Waals surface area contributed by atoms with Crippen molar-refractivity contribution >= 4 is 11.6 Å². The van der Waals surface area contributed by atoms with Gasteiger partial charge in [-0.05, 0) is 76.5 Å². The summed E-state index contributed by atoms with van der Waals surface area (Å²) in [4.78, 5) is 17.2. The number of nitrogens with one attached hydrogen (secondary N) is 1. The van der Waals surface area contributed by atoms with E-state index in [-0.39, 0.29) is 11.9 Å². The van der Waals surface area contributed by atoms with Crippen LogP contribution in [0.25, 0.3) is 0 Å². The Balaban J connectivity index is 1.51. The average Bonchev–Trinajstić information content (AvgIpc) is 3.21. The molecule has 2 heterocycles. The molecule has 2 aromatic rings. The number of piperidine rings is 1. The lowest BCUT2D eigenvalue weighted by Gasteiger charge is -2.31. The van der Waals surface area contributed by atoms with E-state index in [9.17, 15) is 4.79 Å². The molecule has 1 amide bonds. The molecular weight excluding hydrogens is 350 g/mol. The van der Waals surface area contributed by atoms with Crippen molar-refractivity contribution < 1.29 is 9.21 Å². The lowest BCUT2D eigenvalue weighted by atomic mass is 10.1. The maximum absolute atomic E-state index is 12.5. The van der Waals surface area contributed by atoms with Crippen LogP contribution in [-0.2, 0) is 0 Å². The molecule has 1 N–H and O–H groups in total. The lowest BCUT2D eigenvalue weighted by molar-refractivity contribution is 0.0918. The highest BCUT2D eigenvalue weighted by Crippen LogP contribution is 2.25. The fourth-order valence-electron chi connectivity index (χ4n) is 3.87. The molecule has 5 nitrogen and oxygen atoms in total. The molecule has 0 aliphatic carbocycles. The molecule has 28 heavy (non-hydrogen) atoms. The number of hydrogen-bond acceptors (Lipinski definition) is 4. The average molecular weight is 384 g/mol. The van der Waals surface area contributed by atoms with Crippen LogP contribution in [0, 0.1) is 6.92 Å². The number of aryl methyl sites for hydroxylation is 1. The zero-order valence-corrected chi connectivity index (χ0v) is 17.4. The fourth-order valence-corrected chi connectivity index (χ4v) is 3.87. The van der Waals surface area contributed by atoms with E-state index in [1.807, 2.05) is 6.07 Å². The predicted octanol–water partition coefficient (Wildman–Crippen LogP) is 4.39. The number of rotatable bonds is 8. The first kappa shape index (κ1) is 20.5. The van der Waals surface area contributed by atoms with Crippen LogP contribution in [-0.4, -0.2) is 43.5 Å². The minimum Gasteiger partial charge on any atom is -0.454 e. The number of furan rings is 1. The number of anilines is 1. The minimum atomic E-state index is -0.141. The first-order chi connectivity index (χ1) is 13.6. The quantitative estimate of drug-likeness (QED) is 0.734. The summed E-state index contributed by atoms with van der Waals surface area (Å²) in [7, 11) is 0. The molecule has 1 aliphatic heterocycles. The highest BCUT2D eigenvalue weighted by molar-refractivity contribution is 5.91. The number of hydrogen-bond donors (Lipinski definition) is 1. The van der Waals surface area contributed by atoms with E-state index in [0.29, 0.717) is 12.3 Å². The van der Waals surface area contributed by atoms with Gasteiger partial charge in [-0.2, -0.15) is 0 Å². The van der Waals surface area contributed by atoms with E-state index < -0.39 is 0 Å². The summed E-state index contributed by atoms with van der Waals surface area (Å²) < 4.78 is 5.88.